The quantitative estimate of drug-likeness (QED) is 0.154. The molecular formula is C27H47NO12. The van der Waals surface area contributed by atoms with Gasteiger partial charge in [-0.25, -0.2) is 4.79 Å². The van der Waals surface area contributed by atoms with Gasteiger partial charge in [-0.2, -0.15) is 0 Å². The second kappa shape index (κ2) is 14.5. The SMILES string of the molecule is C=CC(C)(CC)O[C@@H]1OC(CO)[C@@H](O)C(O[C@@H]2OC(C(=O)O)[C@@H](OC(C)(CC)CCC)C(O)C2O)C1NC(C)=O. The van der Waals surface area contributed by atoms with E-state index in [2.05, 4.69) is 11.9 Å². The molecule has 0 aromatic carbocycles. The lowest BCUT2D eigenvalue weighted by Crippen LogP contribution is -2.69. The van der Waals surface area contributed by atoms with Gasteiger partial charge < -0.3 is 54.5 Å². The first-order valence-corrected chi connectivity index (χ1v) is 13.8. The van der Waals surface area contributed by atoms with Crippen LogP contribution in [0.3, 0.4) is 0 Å². The summed E-state index contributed by atoms with van der Waals surface area (Å²) in [6.45, 7) is 13.5. The largest absolute Gasteiger partial charge is 0.479 e. The number of carboxylic acids is 1. The standard InChI is InChI=1S/C27H47NO12/c1-8-12-27(7,11-4)39-21-18(32)19(33)25(38-22(21)23(34)35)37-20-16(28-14(5)30)24(36-15(13-29)17(20)31)40-26(6,9-2)10-3/h9,15-22,24-25,29,31-33H,2,8,10-13H2,1,3-7H3,(H,28,30)(H,34,35)/t15?,16?,17-,18?,19?,20?,21+,22?,24+,25-,26?,27?/m1/s1. The molecule has 8 unspecified atom stereocenters. The lowest BCUT2D eigenvalue weighted by atomic mass is 9.93. The molecule has 0 spiro atoms. The van der Waals surface area contributed by atoms with Crippen molar-refractivity contribution < 1.29 is 58.8 Å². The monoisotopic (exact) mass is 577 g/mol. The maximum Gasteiger partial charge on any atom is 0.335 e. The third kappa shape index (κ3) is 7.99. The fraction of sp³-hybridized carbons (Fsp3) is 0.852. The number of aliphatic hydroxyl groups is 4. The highest BCUT2D eigenvalue weighted by molar-refractivity contribution is 5.74. The van der Waals surface area contributed by atoms with E-state index in [-0.39, 0.29) is 0 Å². The number of ether oxygens (including phenoxy) is 5. The molecule has 2 saturated heterocycles. The van der Waals surface area contributed by atoms with Crippen LogP contribution in [0.15, 0.2) is 12.7 Å². The zero-order valence-electron chi connectivity index (χ0n) is 24.2. The number of hydrogen-bond donors (Lipinski definition) is 6. The highest BCUT2D eigenvalue weighted by Crippen LogP contribution is 2.35. The zero-order valence-corrected chi connectivity index (χ0v) is 24.2. The summed E-state index contributed by atoms with van der Waals surface area (Å²) in [4.78, 5) is 24.3. The minimum atomic E-state index is -1.79. The predicted octanol–water partition coefficient (Wildman–Crippen LogP) is 0.211. The molecule has 13 heteroatoms. The van der Waals surface area contributed by atoms with E-state index < -0.39 is 91.0 Å². The van der Waals surface area contributed by atoms with E-state index >= 15 is 0 Å². The lowest BCUT2D eigenvalue weighted by Gasteiger charge is -2.49. The van der Waals surface area contributed by atoms with Crippen molar-refractivity contribution in [3.8, 4) is 0 Å². The van der Waals surface area contributed by atoms with Gasteiger partial charge in [-0.1, -0.05) is 33.3 Å². The van der Waals surface area contributed by atoms with Crippen molar-refractivity contribution in [1.29, 1.82) is 0 Å². The van der Waals surface area contributed by atoms with Gasteiger partial charge in [-0.15, -0.1) is 6.58 Å². The van der Waals surface area contributed by atoms with Crippen molar-refractivity contribution in [3.63, 3.8) is 0 Å². The number of amides is 1. The molecule has 1 amide bonds. The molecule has 2 fully saturated rings. The summed E-state index contributed by atoms with van der Waals surface area (Å²) >= 11 is 0. The zero-order chi connectivity index (χ0) is 30.4. The van der Waals surface area contributed by atoms with Crippen molar-refractivity contribution in [2.45, 2.75) is 140 Å². The summed E-state index contributed by atoms with van der Waals surface area (Å²) in [6.07, 6.45) is -10.1. The molecular weight excluding hydrogens is 530 g/mol. The van der Waals surface area contributed by atoms with Crippen LogP contribution in [-0.4, -0.2) is 117 Å². The van der Waals surface area contributed by atoms with E-state index in [1.165, 1.54) is 6.92 Å². The van der Waals surface area contributed by atoms with E-state index in [0.717, 1.165) is 6.42 Å². The van der Waals surface area contributed by atoms with Crippen molar-refractivity contribution in [2.24, 2.45) is 0 Å². The molecule has 2 aliphatic rings. The van der Waals surface area contributed by atoms with Crippen LogP contribution in [0.4, 0.5) is 0 Å². The fourth-order valence-electron chi connectivity index (χ4n) is 4.87. The topological polar surface area (TPSA) is 193 Å². The Morgan fingerprint density at radius 3 is 2.10 bits per heavy atom. The van der Waals surface area contributed by atoms with Crippen molar-refractivity contribution >= 4 is 11.9 Å². The number of carboxylic acid groups (broad SMARTS) is 1. The van der Waals surface area contributed by atoms with E-state index in [4.69, 9.17) is 23.7 Å². The first kappa shape index (κ1) is 34.5. The van der Waals surface area contributed by atoms with Crippen LogP contribution in [0.1, 0.15) is 67.2 Å². The molecule has 40 heavy (non-hydrogen) atoms. The number of hydrogen-bond acceptors (Lipinski definition) is 11. The van der Waals surface area contributed by atoms with Crippen molar-refractivity contribution in [1.82, 2.24) is 5.32 Å². The average molecular weight is 578 g/mol. The molecule has 2 rings (SSSR count). The number of aliphatic hydroxyl groups excluding tert-OH is 4. The number of nitrogens with one attached hydrogen (secondary N) is 1. The molecule has 0 aromatic heterocycles. The van der Waals surface area contributed by atoms with Crippen molar-refractivity contribution in [3.05, 3.63) is 12.7 Å². The predicted molar refractivity (Wildman–Crippen MR) is 141 cm³/mol. The first-order chi connectivity index (χ1) is 18.7. The normalized spacial score (nSPS) is 37.6. The number of rotatable bonds is 14. The second-order valence-electron chi connectivity index (χ2n) is 10.9. The summed E-state index contributed by atoms with van der Waals surface area (Å²) in [6, 6.07) is -1.20. The molecule has 6 N–H and O–H groups in total. The average Bonchev–Trinajstić information content (AvgIpc) is 2.91. The molecule has 13 nitrogen and oxygen atoms in total. The highest BCUT2D eigenvalue weighted by atomic mass is 16.7. The molecule has 0 saturated carbocycles. The second-order valence-corrected chi connectivity index (χ2v) is 10.9. The Hall–Kier alpha value is -1.68. The Morgan fingerprint density at radius 2 is 1.62 bits per heavy atom. The minimum absolute atomic E-state index is 0.466. The Morgan fingerprint density at radius 1 is 0.975 bits per heavy atom. The van der Waals surface area contributed by atoms with Crippen LogP contribution in [0.25, 0.3) is 0 Å². The van der Waals surface area contributed by atoms with Gasteiger partial charge in [0.2, 0.25) is 5.91 Å². The van der Waals surface area contributed by atoms with Gasteiger partial charge in [-0.05, 0) is 33.1 Å². The van der Waals surface area contributed by atoms with Crippen LogP contribution < -0.4 is 5.32 Å². The molecule has 0 aromatic rings. The highest BCUT2D eigenvalue weighted by Gasteiger charge is 2.55. The van der Waals surface area contributed by atoms with Gasteiger partial charge in [0, 0.05) is 6.92 Å². The lowest BCUT2D eigenvalue weighted by molar-refractivity contribution is -0.352. The van der Waals surface area contributed by atoms with Crippen LogP contribution in [0, 0.1) is 0 Å². The van der Waals surface area contributed by atoms with E-state index in [0.29, 0.717) is 19.3 Å². The Bertz CT molecular complexity index is 859. The smallest absolute Gasteiger partial charge is 0.335 e. The molecule has 232 valence electrons. The maximum absolute atomic E-state index is 12.2. The van der Waals surface area contributed by atoms with Gasteiger partial charge in [0.1, 0.15) is 42.7 Å². The molecule has 0 aliphatic carbocycles. The fourth-order valence-corrected chi connectivity index (χ4v) is 4.87. The summed E-state index contributed by atoms with van der Waals surface area (Å²) in [5.74, 6) is -1.98. The van der Waals surface area contributed by atoms with Gasteiger partial charge in [0.15, 0.2) is 18.7 Å². The molecule has 2 aliphatic heterocycles. The van der Waals surface area contributed by atoms with Crippen molar-refractivity contribution in [2.75, 3.05) is 6.61 Å². The van der Waals surface area contributed by atoms with Gasteiger partial charge in [-0.3, -0.25) is 4.79 Å². The summed E-state index contributed by atoms with van der Waals surface area (Å²) < 4.78 is 29.4. The Balaban J connectivity index is 2.41. The van der Waals surface area contributed by atoms with E-state index in [9.17, 15) is 35.1 Å². The maximum atomic E-state index is 12.2. The van der Waals surface area contributed by atoms with E-state index in [1.54, 1.807) is 19.9 Å². The summed E-state index contributed by atoms with van der Waals surface area (Å²) in [7, 11) is 0. The Labute approximate surface area is 235 Å². The van der Waals surface area contributed by atoms with Gasteiger partial charge in [0.25, 0.3) is 0 Å². The van der Waals surface area contributed by atoms with E-state index in [1.807, 2.05) is 20.8 Å². The Kier molecular flexibility index (Phi) is 12.5. The summed E-state index contributed by atoms with van der Waals surface area (Å²) in [5.41, 5.74) is -1.71. The molecule has 2 heterocycles. The van der Waals surface area contributed by atoms with Crippen LogP contribution in [0.5, 0.6) is 0 Å². The van der Waals surface area contributed by atoms with Crippen LogP contribution in [-0.2, 0) is 33.3 Å². The van der Waals surface area contributed by atoms with Crippen LogP contribution in [0.2, 0.25) is 0 Å². The summed E-state index contributed by atoms with van der Waals surface area (Å²) in [5, 5.41) is 55.4. The third-order valence-corrected chi connectivity index (χ3v) is 7.77. The molecule has 12 atom stereocenters. The molecule has 0 radical (unpaired) electrons. The number of carbonyl (C=O) groups is 2. The first-order valence-electron chi connectivity index (χ1n) is 13.8. The minimum Gasteiger partial charge on any atom is -0.479 e. The third-order valence-electron chi connectivity index (χ3n) is 7.77. The number of aliphatic carboxylic acids is 1. The molecule has 0 bridgehead atoms. The number of carbonyl (C=O) groups excluding carboxylic acids is 1. The van der Waals surface area contributed by atoms with Crippen LogP contribution >= 0.6 is 0 Å². The van der Waals surface area contributed by atoms with Gasteiger partial charge in [0.05, 0.1) is 17.8 Å². The van der Waals surface area contributed by atoms with Gasteiger partial charge >= 0.3 is 5.97 Å².